The lowest BCUT2D eigenvalue weighted by molar-refractivity contribution is -0.388. The van der Waals surface area contributed by atoms with Crippen LogP contribution in [0.2, 0.25) is 0 Å². The zero-order chi connectivity index (χ0) is 14.3. The third kappa shape index (κ3) is 1.66. The molecule has 104 valence electrons. The maximum atomic E-state index is 11.5. The van der Waals surface area contributed by atoms with Gasteiger partial charge in [-0.15, -0.1) is 5.10 Å². The predicted octanol–water partition coefficient (Wildman–Crippen LogP) is -1.85. The molecule has 3 aromatic rings. The molecule has 3 rings (SSSR count). The fourth-order valence-electron chi connectivity index (χ4n) is 1.68. The van der Waals surface area contributed by atoms with Crippen molar-refractivity contribution in [3.05, 3.63) is 15.3 Å². The van der Waals surface area contributed by atoms with Gasteiger partial charge in [0.15, 0.2) is 0 Å². The molecule has 20 heavy (non-hydrogen) atoms. The maximum Gasteiger partial charge on any atom is 0.420 e. The average Bonchev–Trinajstić information content (AvgIpc) is 3.05. The van der Waals surface area contributed by atoms with Crippen LogP contribution in [0.1, 0.15) is 0 Å². The van der Waals surface area contributed by atoms with Crippen molar-refractivity contribution in [1.29, 1.82) is 0 Å². The molecule has 0 fully saturated rings. The summed E-state index contributed by atoms with van der Waals surface area (Å²) in [6.45, 7) is 0.271. The van der Waals surface area contributed by atoms with Gasteiger partial charge in [-0.3, -0.25) is 4.85 Å². The molecule has 2 N–H and O–H groups in total. The standard InChI is InChI=1S/C6H6N11O3/c7-6-9-11-13-15(6)2-1-14-5-3(8-12-16(5)18)4(10-14)17(19)20/h1-2H2,(H2,7,9,13)/q-1. The number of aromatic nitrogens is 9. The Bertz CT molecular complexity index is 783. The van der Waals surface area contributed by atoms with E-state index in [1.807, 2.05) is 0 Å². The van der Waals surface area contributed by atoms with E-state index in [0.717, 1.165) is 4.68 Å². The Morgan fingerprint density at radius 1 is 1.20 bits per heavy atom. The van der Waals surface area contributed by atoms with Crippen LogP contribution in [-0.2, 0) is 13.1 Å². The van der Waals surface area contributed by atoms with E-state index in [-0.39, 0.29) is 35.0 Å². The van der Waals surface area contributed by atoms with Gasteiger partial charge >= 0.3 is 5.82 Å². The molecule has 0 aromatic carbocycles. The van der Waals surface area contributed by atoms with Crippen molar-refractivity contribution < 1.29 is 4.92 Å². The molecule has 0 aliphatic rings. The Morgan fingerprint density at radius 2 is 1.95 bits per heavy atom. The van der Waals surface area contributed by atoms with Crippen LogP contribution in [0, 0.1) is 15.3 Å². The predicted molar refractivity (Wildman–Crippen MR) is 61.0 cm³/mol. The summed E-state index contributed by atoms with van der Waals surface area (Å²) in [7, 11) is 0. The quantitative estimate of drug-likeness (QED) is 0.420. The molecular formula is C6H6N11O3-. The number of nitrogens with two attached hydrogens (primary N) is 1. The van der Waals surface area contributed by atoms with Gasteiger partial charge in [-0.2, -0.15) is 4.68 Å². The van der Waals surface area contributed by atoms with Gasteiger partial charge in [-0.1, -0.05) is 10.3 Å². The van der Waals surface area contributed by atoms with E-state index in [1.54, 1.807) is 0 Å². The minimum absolute atomic E-state index is 0.0802. The normalized spacial score (nSPS) is 11.2. The molecule has 0 saturated carbocycles. The van der Waals surface area contributed by atoms with Gasteiger partial charge in [0, 0.05) is 0 Å². The largest absolute Gasteiger partial charge is 0.788 e. The number of anilines is 1. The monoisotopic (exact) mass is 280 g/mol. The highest BCUT2D eigenvalue weighted by molar-refractivity contribution is 5.79. The molecule has 0 aliphatic carbocycles. The van der Waals surface area contributed by atoms with Crippen molar-refractivity contribution in [1.82, 2.24) is 45.1 Å². The van der Waals surface area contributed by atoms with Gasteiger partial charge in [0.2, 0.25) is 17.1 Å². The zero-order valence-corrected chi connectivity index (χ0v) is 9.69. The SMILES string of the molecule is Nc1nnnn1CCn1nc([N+](=O)[O-])c2nnn([O-])c21. The number of nitrogens with zero attached hydrogens (tertiary/aromatic N) is 10. The Kier molecular flexibility index (Phi) is 2.41. The van der Waals surface area contributed by atoms with E-state index >= 15 is 0 Å². The lowest BCUT2D eigenvalue weighted by Crippen LogP contribution is -2.13. The van der Waals surface area contributed by atoms with Crippen LogP contribution < -0.4 is 5.73 Å². The van der Waals surface area contributed by atoms with Crippen LogP contribution in [0.25, 0.3) is 11.2 Å². The molecule has 14 nitrogen and oxygen atoms in total. The number of hydrogen-bond donors (Lipinski definition) is 1. The number of nitrogen functional groups attached to an aromatic ring is 1. The Morgan fingerprint density at radius 3 is 2.60 bits per heavy atom. The Labute approximate surface area is 108 Å². The number of nitro groups is 1. The van der Waals surface area contributed by atoms with E-state index in [0.29, 0.717) is 0 Å². The zero-order valence-electron chi connectivity index (χ0n) is 9.69. The summed E-state index contributed by atoms with van der Waals surface area (Å²) >= 11 is 0. The van der Waals surface area contributed by atoms with Crippen molar-refractivity contribution in [2.75, 3.05) is 5.73 Å². The van der Waals surface area contributed by atoms with Crippen LogP contribution in [0.5, 0.6) is 0 Å². The molecular weight excluding hydrogens is 274 g/mol. The summed E-state index contributed by atoms with van der Waals surface area (Å²) in [6.07, 6.45) is 0. The third-order valence-corrected chi connectivity index (χ3v) is 2.55. The molecule has 3 aromatic heterocycles. The Balaban J connectivity index is 1.97. The van der Waals surface area contributed by atoms with Crippen molar-refractivity contribution >= 4 is 22.9 Å². The third-order valence-electron chi connectivity index (χ3n) is 2.55. The average molecular weight is 280 g/mol. The highest BCUT2D eigenvalue weighted by Crippen LogP contribution is 2.21. The minimum atomic E-state index is -0.737. The first-order valence-corrected chi connectivity index (χ1v) is 5.23. The van der Waals surface area contributed by atoms with Crippen LogP contribution in [-0.4, -0.2) is 50.1 Å². The van der Waals surface area contributed by atoms with Crippen LogP contribution >= 0.6 is 0 Å². The first-order valence-electron chi connectivity index (χ1n) is 5.23. The van der Waals surface area contributed by atoms with Crippen molar-refractivity contribution in [2.24, 2.45) is 0 Å². The number of aryl methyl sites for hydroxylation is 2. The van der Waals surface area contributed by atoms with Crippen molar-refractivity contribution in [3.8, 4) is 0 Å². The second-order valence-electron chi connectivity index (χ2n) is 3.70. The number of rotatable bonds is 4. The second-order valence-corrected chi connectivity index (χ2v) is 3.70. The fraction of sp³-hybridized carbons (Fsp3) is 0.333. The van der Waals surface area contributed by atoms with Crippen LogP contribution in [0.4, 0.5) is 11.8 Å². The minimum Gasteiger partial charge on any atom is -0.788 e. The van der Waals surface area contributed by atoms with Crippen LogP contribution in [0.3, 0.4) is 0 Å². The number of hydrogen-bond acceptors (Lipinski definition) is 10. The molecule has 0 bridgehead atoms. The van der Waals surface area contributed by atoms with Gasteiger partial charge in [0.25, 0.3) is 0 Å². The molecule has 0 radical (unpaired) electrons. The van der Waals surface area contributed by atoms with Gasteiger partial charge in [-0.05, 0) is 15.4 Å². The van der Waals surface area contributed by atoms with E-state index in [4.69, 9.17) is 5.73 Å². The van der Waals surface area contributed by atoms with E-state index in [1.165, 1.54) is 4.68 Å². The summed E-state index contributed by atoms with van der Waals surface area (Å²) in [5.41, 5.74) is 5.20. The van der Waals surface area contributed by atoms with Gasteiger partial charge in [0.05, 0.1) is 18.2 Å². The molecule has 0 amide bonds. The first kappa shape index (κ1) is 11.8. The van der Waals surface area contributed by atoms with E-state index in [2.05, 4.69) is 30.9 Å². The van der Waals surface area contributed by atoms with Gasteiger partial charge in [0.1, 0.15) is 0 Å². The van der Waals surface area contributed by atoms with E-state index < -0.39 is 10.7 Å². The van der Waals surface area contributed by atoms with Crippen molar-refractivity contribution in [3.63, 3.8) is 0 Å². The smallest absolute Gasteiger partial charge is 0.420 e. The maximum absolute atomic E-state index is 11.5. The van der Waals surface area contributed by atoms with Gasteiger partial charge in [-0.25, -0.2) is 4.68 Å². The van der Waals surface area contributed by atoms with Crippen LogP contribution in [0.15, 0.2) is 0 Å². The molecule has 14 heteroatoms. The highest BCUT2D eigenvalue weighted by Gasteiger charge is 2.25. The Hall–Kier alpha value is -3.32. The fourth-order valence-corrected chi connectivity index (χ4v) is 1.68. The molecule has 0 spiro atoms. The lowest BCUT2D eigenvalue weighted by atomic mass is 10.5. The van der Waals surface area contributed by atoms with Crippen molar-refractivity contribution in [2.45, 2.75) is 13.1 Å². The molecule has 0 aliphatic heterocycles. The topological polar surface area (TPSA) is 184 Å². The number of fused-ring (bicyclic) bond motifs is 1. The first-order chi connectivity index (χ1) is 9.58. The summed E-state index contributed by atoms with van der Waals surface area (Å²) < 4.78 is 2.37. The molecule has 0 saturated heterocycles. The highest BCUT2D eigenvalue weighted by atomic mass is 16.6. The molecule has 3 heterocycles. The lowest BCUT2D eigenvalue weighted by Gasteiger charge is -2.04. The van der Waals surface area contributed by atoms with Gasteiger partial charge < -0.3 is 21.1 Å². The number of tetrazole rings is 1. The summed E-state index contributed by atoms with van der Waals surface area (Å²) in [5, 5.41) is 43.0. The summed E-state index contributed by atoms with van der Waals surface area (Å²) in [5.74, 6) is -0.455. The molecule has 0 unspecified atom stereocenters. The molecule has 0 atom stereocenters. The second kappa shape index (κ2) is 4.11. The summed E-state index contributed by atoms with van der Waals surface area (Å²) in [6, 6.07) is 0. The summed E-state index contributed by atoms with van der Waals surface area (Å²) in [4.78, 5) is 10.2. The van der Waals surface area contributed by atoms with E-state index in [9.17, 15) is 15.3 Å².